The molecule has 0 saturated heterocycles. The monoisotopic (exact) mass is 490 g/mol. The normalized spacial score (nSPS) is 9.30. The predicted molar refractivity (Wildman–Crippen MR) is 126 cm³/mol. The maximum atomic E-state index is 12.4. The molecule has 2 aromatic carbocycles. The number of aromatic nitrogens is 2. The van der Waals surface area contributed by atoms with Crippen molar-refractivity contribution in [1.29, 1.82) is 0 Å². The summed E-state index contributed by atoms with van der Waals surface area (Å²) in [7, 11) is 0. The topological polar surface area (TPSA) is 29.9 Å². The average molecular weight is 491 g/mol. The van der Waals surface area contributed by atoms with E-state index in [0.29, 0.717) is 12.0 Å². The first kappa shape index (κ1) is 33.3. The molecule has 1 heterocycles. The van der Waals surface area contributed by atoms with Gasteiger partial charge in [-0.25, -0.2) is 9.07 Å². The van der Waals surface area contributed by atoms with E-state index in [9.17, 15) is 4.39 Å². The third kappa shape index (κ3) is 11.7. The van der Waals surface area contributed by atoms with Gasteiger partial charge in [-0.2, -0.15) is 5.10 Å². The van der Waals surface area contributed by atoms with Crippen molar-refractivity contribution in [2.75, 3.05) is 0 Å². The van der Waals surface area contributed by atoms with E-state index in [-0.39, 0.29) is 60.8 Å². The van der Waals surface area contributed by atoms with Gasteiger partial charge in [-0.05, 0) is 35.7 Å². The summed E-state index contributed by atoms with van der Waals surface area (Å²) in [4.78, 5) is 0. The summed E-state index contributed by atoms with van der Waals surface area (Å²) in [5.74, 6) is 0.324. The summed E-state index contributed by atoms with van der Waals surface area (Å²) in [5, 5.41) is 7.71. The number of benzene rings is 2. The van der Waals surface area contributed by atoms with Crippen LogP contribution in [0, 0.1) is 5.82 Å². The van der Waals surface area contributed by atoms with E-state index < -0.39 is 0 Å². The number of nitrogens with one attached hydrogen (secondary N) is 1. The van der Waals surface area contributed by atoms with Crippen LogP contribution in [0.3, 0.4) is 0 Å². The van der Waals surface area contributed by atoms with Gasteiger partial charge in [0.25, 0.3) is 0 Å². The molecule has 1 N–H and O–H groups in total. The second-order valence-corrected chi connectivity index (χ2v) is 6.87. The molecule has 3 aromatic rings. The summed E-state index contributed by atoms with van der Waals surface area (Å²) < 4.78 is 14.3. The fourth-order valence-electron chi connectivity index (χ4n) is 2.34. The molecule has 1 aromatic heterocycles. The van der Waals surface area contributed by atoms with Crippen LogP contribution in [-0.2, 0) is 39.3 Å². The maximum Gasteiger partial charge on any atom is 0.123 e. The quantitative estimate of drug-likeness (QED) is 0.409. The third-order valence-corrected chi connectivity index (χ3v) is 3.91. The van der Waals surface area contributed by atoms with Gasteiger partial charge < -0.3 is 5.32 Å². The first-order chi connectivity index (χ1) is 12.5. The fraction of sp³-hybridized carbons (Fsp3) is 0.400. The first-order valence-corrected chi connectivity index (χ1v) is 9.03. The Kier molecular flexibility index (Phi) is 19.2. The number of nitrogens with zero attached hydrogens (tertiary/aromatic N) is 2. The van der Waals surface area contributed by atoms with E-state index in [2.05, 4.69) is 44.3 Å². The average Bonchev–Trinajstić information content (AvgIpc) is 3.11. The van der Waals surface area contributed by atoms with Crippen LogP contribution in [0.25, 0.3) is 5.69 Å². The standard InChI is InChI=1S/C13H17N3.C9H11F.3CH4.Y/c1-11(2)14-8-12-9-15-16(10-12)13-6-4-3-5-7-13;1-7(2)8-3-5-9(10)6-4-8;;;;/h3-7,9-11,14H,8H2,1-2H3;3-7H,1-2H3;3*1H4;. The molecular formula is C25H40FN3Y. The van der Waals surface area contributed by atoms with E-state index in [4.69, 9.17) is 0 Å². The van der Waals surface area contributed by atoms with E-state index in [1.54, 1.807) is 0 Å². The number of halogens is 1. The molecule has 5 heteroatoms. The van der Waals surface area contributed by atoms with Gasteiger partial charge in [0.2, 0.25) is 0 Å². The minimum atomic E-state index is -0.163. The molecule has 0 aliphatic heterocycles. The maximum absolute atomic E-state index is 12.4. The van der Waals surface area contributed by atoms with Crippen LogP contribution in [0.1, 0.15) is 67.0 Å². The minimum Gasteiger partial charge on any atom is -0.310 e. The minimum absolute atomic E-state index is 0. The Morgan fingerprint density at radius 2 is 1.47 bits per heavy atom. The number of hydrogen-bond donors (Lipinski definition) is 1. The SMILES string of the molecule is C.C.C.CC(C)NCc1cnn(-c2ccccc2)c1.CC(C)c1ccc(F)cc1.[Y]. The second kappa shape index (κ2) is 17.3. The molecular weight excluding hydrogens is 450 g/mol. The third-order valence-electron chi connectivity index (χ3n) is 3.91. The summed E-state index contributed by atoms with van der Waals surface area (Å²) >= 11 is 0. The fourth-order valence-corrected chi connectivity index (χ4v) is 2.34. The molecule has 0 atom stereocenters. The van der Waals surface area contributed by atoms with Gasteiger partial charge >= 0.3 is 0 Å². The molecule has 0 aliphatic rings. The zero-order valence-electron chi connectivity index (χ0n) is 16.6. The van der Waals surface area contributed by atoms with E-state index >= 15 is 0 Å². The van der Waals surface area contributed by atoms with Gasteiger partial charge in [0, 0.05) is 57.1 Å². The van der Waals surface area contributed by atoms with Gasteiger partial charge in [0.15, 0.2) is 0 Å². The zero-order valence-corrected chi connectivity index (χ0v) is 19.4. The van der Waals surface area contributed by atoms with E-state index in [1.807, 2.05) is 53.3 Å². The molecule has 0 unspecified atom stereocenters. The summed E-state index contributed by atoms with van der Waals surface area (Å²) in [5.41, 5.74) is 3.48. The number of hydrogen-bond acceptors (Lipinski definition) is 2. The Morgan fingerprint density at radius 1 is 0.900 bits per heavy atom. The first-order valence-electron chi connectivity index (χ1n) is 9.03. The largest absolute Gasteiger partial charge is 0.310 e. The molecule has 165 valence electrons. The zero-order chi connectivity index (χ0) is 18.9. The molecule has 3 rings (SSSR count). The smallest absolute Gasteiger partial charge is 0.123 e. The van der Waals surface area contributed by atoms with Crippen LogP contribution in [0.15, 0.2) is 67.0 Å². The van der Waals surface area contributed by atoms with Crippen LogP contribution in [0.4, 0.5) is 4.39 Å². The molecule has 1 radical (unpaired) electrons. The predicted octanol–water partition coefficient (Wildman–Crippen LogP) is 7.23. The Morgan fingerprint density at radius 3 is 1.97 bits per heavy atom. The van der Waals surface area contributed by atoms with Gasteiger partial charge in [0.1, 0.15) is 5.82 Å². The molecule has 0 spiro atoms. The van der Waals surface area contributed by atoms with Gasteiger partial charge in [-0.1, -0.05) is 80.3 Å². The summed E-state index contributed by atoms with van der Waals surface area (Å²) in [6.07, 6.45) is 3.97. The van der Waals surface area contributed by atoms with Crippen LogP contribution in [0.5, 0.6) is 0 Å². The van der Waals surface area contributed by atoms with Gasteiger partial charge in [-0.15, -0.1) is 0 Å². The van der Waals surface area contributed by atoms with Crippen molar-refractivity contribution in [1.82, 2.24) is 15.1 Å². The van der Waals surface area contributed by atoms with Gasteiger partial charge in [-0.3, -0.25) is 0 Å². The van der Waals surface area contributed by atoms with Crippen LogP contribution >= 0.6 is 0 Å². The van der Waals surface area contributed by atoms with Crippen molar-refractivity contribution >= 4 is 0 Å². The Balaban J connectivity index is -0.000000463. The van der Waals surface area contributed by atoms with Crippen molar-refractivity contribution in [3.8, 4) is 5.69 Å². The van der Waals surface area contributed by atoms with Crippen molar-refractivity contribution < 1.29 is 37.1 Å². The van der Waals surface area contributed by atoms with E-state index in [0.717, 1.165) is 12.2 Å². The van der Waals surface area contributed by atoms with Crippen LogP contribution < -0.4 is 5.32 Å². The van der Waals surface area contributed by atoms with Crippen LogP contribution in [-0.4, -0.2) is 15.8 Å². The molecule has 0 fully saturated rings. The molecule has 0 saturated carbocycles. The Bertz CT molecular complexity index is 769. The van der Waals surface area contributed by atoms with Crippen molar-refractivity contribution in [2.24, 2.45) is 0 Å². The summed E-state index contributed by atoms with van der Waals surface area (Å²) in [6.45, 7) is 9.33. The number of para-hydroxylation sites is 1. The van der Waals surface area contributed by atoms with Crippen molar-refractivity contribution in [3.05, 3.63) is 83.9 Å². The summed E-state index contributed by atoms with van der Waals surface area (Å²) in [6, 6.07) is 17.3. The van der Waals surface area contributed by atoms with Gasteiger partial charge in [0.05, 0.1) is 11.9 Å². The van der Waals surface area contributed by atoms with Crippen molar-refractivity contribution in [3.63, 3.8) is 0 Å². The Hall–Kier alpha value is -1.36. The molecule has 3 nitrogen and oxygen atoms in total. The van der Waals surface area contributed by atoms with E-state index in [1.165, 1.54) is 23.3 Å². The number of rotatable bonds is 5. The van der Waals surface area contributed by atoms with Crippen molar-refractivity contribution in [2.45, 2.75) is 68.5 Å². The Labute approximate surface area is 209 Å². The molecule has 0 amide bonds. The molecule has 0 bridgehead atoms. The second-order valence-electron chi connectivity index (χ2n) is 6.87. The molecule has 30 heavy (non-hydrogen) atoms. The molecule has 0 aliphatic carbocycles. The van der Waals surface area contributed by atoms with Crippen LogP contribution in [0.2, 0.25) is 0 Å².